The van der Waals surface area contributed by atoms with Crippen LogP contribution in [0.15, 0.2) is 36.0 Å². The van der Waals surface area contributed by atoms with Crippen LogP contribution in [0, 0.1) is 5.82 Å². The number of carbonyl (C=O) groups excluding carboxylic acids is 3. The Balaban J connectivity index is 3.09. The van der Waals surface area contributed by atoms with E-state index in [0.717, 1.165) is 12.3 Å². The number of hydrogen-bond acceptors (Lipinski definition) is 6. The smallest absolute Gasteiger partial charge is 0.434 e. The molecule has 0 fully saturated rings. The zero-order valence-corrected chi connectivity index (χ0v) is 12.5. The van der Waals surface area contributed by atoms with Crippen molar-refractivity contribution >= 4 is 17.9 Å². The maximum absolute atomic E-state index is 13.7. The van der Waals surface area contributed by atoms with Crippen LogP contribution in [-0.4, -0.2) is 43.5 Å². The van der Waals surface area contributed by atoms with Gasteiger partial charge in [-0.1, -0.05) is 12.1 Å². The molecule has 0 saturated carbocycles. The molecule has 0 aliphatic carbocycles. The van der Waals surface area contributed by atoms with Gasteiger partial charge in [-0.3, -0.25) is 4.79 Å². The fraction of sp³-hybridized carbons (Fsp3) is 0.267. The molecule has 0 aromatic heterocycles. The lowest BCUT2D eigenvalue weighted by Gasteiger charge is -2.10. The lowest BCUT2D eigenvalue weighted by molar-refractivity contribution is -0.135. The number of halogens is 1. The molecule has 0 aliphatic heterocycles. The maximum atomic E-state index is 13.7. The summed E-state index contributed by atoms with van der Waals surface area (Å²) in [6.45, 7) is 1.55. The van der Waals surface area contributed by atoms with Crippen LogP contribution in [0.1, 0.15) is 17.3 Å². The van der Waals surface area contributed by atoms with E-state index in [0.29, 0.717) is 0 Å². The first-order chi connectivity index (χ1) is 10.4. The topological polar surface area (TPSA) is 72.9 Å². The van der Waals surface area contributed by atoms with Crippen molar-refractivity contribution in [1.29, 1.82) is 0 Å². The van der Waals surface area contributed by atoms with Gasteiger partial charge in [-0.05, 0) is 19.1 Å². The molecule has 1 rings (SSSR count). The summed E-state index contributed by atoms with van der Waals surface area (Å²) in [5.74, 6) is -2.87. The molecule has 0 saturated heterocycles. The van der Waals surface area contributed by atoms with Crippen LogP contribution in [0.3, 0.4) is 0 Å². The monoisotopic (exact) mass is 309 g/mol. The van der Waals surface area contributed by atoms with E-state index in [1.165, 1.54) is 30.0 Å². The van der Waals surface area contributed by atoms with Gasteiger partial charge in [0.2, 0.25) is 5.78 Å². The Bertz CT molecular complexity index is 610. The predicted octanol–water partition coefficient (Wildman–Crippen LogP) is 2.15. The first kappa shape index (κ1) is 17.4. The number of carbonyl (C=O) groups is 3. The SMILES string of the molecule is CCOC(=O)OC(=O)C(=CN(C)C)C(=O)c1ccccc1F. The molecule has 1 aromatic rings. The van der Waals surface area contributed by atoms with E-state index in [2.05, 4.69) is 9.47 Å². The fourth-order valence-electron chi connectivity index (χ4n) is 1.53. The third-order valence-electron chi connectivity index (χ3n) is 2.41. The molecule has 0 radical (unpaired) electrons. The molecule has 0 spiro atoms. The van der Waals surface area contributed by atoms with Crippen molar-refractivity contribution in [2.24, 2.45) is 0 Å². The average molecular weight is 309 g/mol. The summed E-state index contributed by atoms with van der Waals surface area (Å²) >= 11 is 0. The summed E-state index contributed by atoms with van der Waals surface area (Å²) in [4.78, 5) is 36.8. The fourth-order valence-corrected chi connectivity index (χ4v) is 1.53. The number of benzene rings is 1. The lowest BCUT2D eigenvalue weighted by Crippen LogP contribution is -2.23. The molecule has 0 unspecified atom stereocenters. The molecule has 0 heterocycles. The maximum Gasteiger partial charge on any atom is 0.516 e. The van der Waals surface area contributed by atoms with Crippen molar-refractivity contribution < 1.29 is 28.2 Å². The first-order valence-corrected chi connectivity index (χ1v) is 6.43. The first-order valence-electron chi connectivity index (χ1n) is 6.43. The van der Waals surface area contributed by atoms with E-state index in [4.69, 9.17) is 0 Å². The van der Waals surface area contributed by atoms with Gasteiger partial charge in [-0.15, -0.1) is 0 Å². The van der Waals surface area contributed by atoms with Crippen LogP contribution < -0.4 is 0 Å². The van der Waals surface area contributed by atoms with E-state index in [1.54, 1.807) is 14.1 Å². The van der Waals surface area contributed by atoms with Gasteiger partial charge in [0.1, 0.15) is 11.4 Å². The third kappa shape index (κ3) is 4.69. The van der Waals surface area contributed by atoms with Gasteiger partial charge in [0.05, 0.1) is 12.2 Å². The van der Waals surface area contributed by atoms with Crippen molar-refractivity contribution in [1.82, 2.24) is 4.90 Å². The minimum atomic E-state index is -1.22. The average Bonchev–Trinajstić information content (AvgIpc) is 2.44. The van der Waals surface area contributed by atoms with Crippen LogP contribution in [0.4, 0.5) is 9.18 Å². The largest absolute Gasteiger partial charge is 0.516 e. The summed E-state index contributed by atoms with van der Waals surface area (Å²) in [7, 11) is 3.12. The molecular weight excluding hydrogens is 293 g/mol. The van der Waals surface area contributed by atoms with Crippen LogP contribution >= 0.6 is 0 Å². The van der Waals surface area contributed by atoms with Crippen molar-refractivity contribution in [2.75, 3.05) is 20.7 Å². The summed E-state index contributed by atoms with van der Waals surface area (Å²) in [5.41, 5.74) is -0.778. The Morgan fingerprint density at radius 2 is 1.86 bits per heavy atom. The highest BCUT2D eigenvalue weighted by molar-refractivity contribution is 6.25. The number of hydrogen-bond donors (Lipinski definition) is 0. The summed E-state index contributed by atoms with van der Waals surface area (Å²) in [6, 6.07) is 5.20. The Morgan fingerprint density at radius 3 is 2.41 bits per heavy atom. The van der Waals surface area contributed by atoms with Crippen molar-refractivity contribution in [3.05, 3.63) is 47.4 Å². The van der Waals surface area contributed by atoms with E-state index in [1.807, 2.05) is 0 Å². The third-order valence-corrected chi connectivity index (χ3v) is 2.41. The Labute approximate surface area is 127 Å². The van der Waals surface area contributed by atoms with E-state index in [-0.39, 0.29) is 12.2 Å². The summed E-state index contributed by atoms with van der Waals surface area (Å²) < 4.78 is 22.5. The predicted molar refractivity (Wildman–Crippen MR) is 75.6 cm³/mol. The van der Waals surface area contributed by atoms with Crippen LogP contribution in [0.5, 0.6) is 0 Å². The molecular formula is C15H16FNO5. The van der Waals surface area contributed by atoms with Crippen molar-refractivity contribution in [3.8, 4) is 0 Å². The normalized spacial score (nSPS) is 10.8. The van der Waals surface area contributed by atoms with E-state index >= 15 is 0 Å². The van der Waals surface area contributed by atoms with Gasteiger partial charge < -0.3 is 14.4 Å². The standard InChI is InChI=1S/C15H16FNO5/c1-4-21-15(20)22-14(19)11(9-17(2)3)13(18)10-7-5-6-8-12(10)16/h5-9H,4H2,1-3H3. The number of ketones is 1. The van der Waals surface area contributed by atoms with Crippen LogP contribution in [0.2, 0.25) is 0 Å². The van der Waals surface area contributed by atoms with Gasteiger partial charge in [-0.25, -0.2) is 14.0 Å². The van der Waals surface area contributed by atoms with Gasteiger partial charge >= 0.3 is 12.1 Å². The second-order valence-corrected chi connectivity index (χ2v) is 4.39. The molecule has 0 atom stereocenters. The van der Waals surface area contributed by atoms with Gasteiger partial charge in [0.25, 0.3) is 0 Å². The molecule has 0 N–H and O–H groups in total. The molecule has 6 nitrogen and oxygen atoms in total. The molecule has 0 bridgehead atoms. The molecule has 22 heavy (non-hydrogen) atoms. The number of ether oxygens (including phenoxy) is 2. The Morgan fingerprint density at radius 1 is 1.23 bits per heavy atom. The van der Waals surface area contributed by atoms with Gasteiger partial charge in [0, 0.05) is 20.3 Å². The molecule has 118 valence electrons. The van der Waals surface area contributed by atoms with Gasteiger partial charge in [-0.2, -0.15) is 0 Å². The zero-order chi connectivity index (χ0) is 16.7. The number of nitrogens with zero attached hydrogens (tertiary/aromatic N) is 1. The molecule has 0 aliphatic rings. The highest BCUT2D eigenvalue weighted by Crippen LogP contribution is 2.14. The van der Waals surface area contributed by atoms with E-state index in [9.17, 15) is 18.8 Å². The van der Waals surface area contributed by atoms with Gasteiger partial charge in [0.15, 0.2) is 0 Å². The van der Waals surface area contributed by atoms with E-state index < -0.39 is 29.3 Å². The molecule has 7 heteroatoms. The van der Waals surface area contributed by atoms with Crippen LogP contribution in [0.25, 0.3) is 0 Å². The number of rotatable bonds is 5. The summed E-state index contributed by atoms with van der Waals surface area (Å²) in [5, 5.41) is 0. The number of Topliss-reactive ketones (excluding diaryl/α,β-unsaturated/α-hetero) is 1. The lowest BCUT2D eigenvalue weighted by atomic mass is 10.0. The Kier molecular flexibility index (Phi) is 6.25. The van der Waals surface area contributed by atoms with Crippen molar-refractivity contribution in [2.45, 2.75) is 6.92 Å². The minimum absolute atomic E-state index is 0.0140. The summed E-state index contributed by atoms with van der Waals surface area (Å²) in [6.07, 6.45) is -0.0745. The zero-order valence-electron chi connectivity index (χ0n) is 12.5. The minimum Gasteiger partial charge on any atom is -0.434 e. The van der Waals surface area contributed by atoms with Crippen LogP contribution in [-0.2, 0) is 14.3 Å². The van der Waals surface area contributed by atoms with Crippen molar-refractivity contribution in [3.63, 3.8) is 0 Å². The second-order valence-electron chi connectivity index (χ2n) is 4.39. The Hall–Kier alpha value is -2.70. The number of esters is 1. The highest BCUT2D eigenvalue weighted by Gasteiger charge is 2.26. The molecule has 0 amide bonds. The quantitative estimate of drug-likeness (QED) is 0.273. The highest BCUT2D eigenvalue weighted by atomic mass is 19.1. The second kappa shape index (κ2) is 7.92. The molecule has 1 aromatic carbocycles.